The molecule has 0 aliphatic rings. The molecular weight excluding hydrogens is 442 g/mol. The maximum absolute atomic E-state index is 12.8. The highest BCUT2D eigenvalue weighted by Crippen LogP contribution is 2.07. The van der Waals surface area contributed by atoms with E-state index in [1.807, 2.05) is 0 Å². The number of carbonyl (C=O) groups excluding carboxylic acids is 4. The van der Waals surface area contributed by atoms with Crippen molar-refractivity contribution in [1.82, 2.24) is 16.0 Å². The molecule has 0 spiro atoms. The number of nitrogens with one attached hydrogen (secondary N) is 3. The minimum absolute atomic E-state index is 0.267. The Kier molecular flexibility index (Phi) is 12.6. The Labute approximate surface area is 190 Å². The summed E-state index contributed by atoms with van der Waals surface area (Å²) in [7, 11) is 0. The minimum Gasteiger partial charge on any atom is -0.481 e. The molecule has 0 rings (SSSR count). The minimum atomic E-state index is -1.45. The number of primary amides is 1. The molecule has 0 bridgehead atoms. The zero-order valence-corrected chi connectivity index (χ0v) is 18.7. The molecule has 0 aliphatic carbocycles. The molecular formula is C19H33N5O9. The number of amides is 4. The van der Waals surface area contributed by atoms with Gasteiger partial charge in [-0.1, -0.05) is 13.8 Å². The molecule has 0 aromatic carbocycles. The van der Waals surface area contributed by atoms with Gasteiger partial charge in [0.1, 0.15) is 24.2 Å². The van der Waals surface area contributed by atoms with Crippen LogP contribution < -0.4 is 27.4 Å². The van der Waals surface area contributed by atoms with Gasteiger partial charge in [-0.05, 0) is 25.7 Å². The first-order chi connectivity index (χ1) is 15.2. The Balaban J connectivity index is 5.63. The van der Waals surface area contributed by atoms with Gasteiger partial charge in [-0.15, -0.1) is 0 Å². The van der Waals surface area contributed by atoms with Crippen LogP contribution in [0.15, 0.2) is 0 Å². The highest BCUT2D eigenvalue weighted by atomic mass is 16.4. The molecule has 0 fully saturated rings. The highest BCUT2D eigenvalue weighted by Gasteiger charge is 2.32. The average molecular weight is 475 g/mol. The Bertz CT molecular complexity index is 741. The Morgan fingerprint density at radius 2 is 1.24 bits per heavy atom. The summed E-state index contributed by atoms with van der Waals surface area (Å²) in [6, 6.07) is -5.53. The number of hydrogen-bond donors (Lipinski definition) is 8. The van der Waals surface area contributed by atoms with E-state index in [2.05, 4.69) is 16.0 Å². The van der Waals surface area contributed by atoms with Gasteiger partial charge in [0.15, 0.2) is 0 Å². The van der Waals surface area contributed by atoms with Crippen LogP contribution in [0.5, 0.6) is 0 Å². The second kappa shape index (κ2) is 14.0. The van der Waals surface area contributed by atoms with Crippen LogP contribution in [0.2, 0.25) is 0 Å². The van der Waals surface area contributed by atoms with Crippen LogP contribution in [0.3, 0.4) is 0 Å². The van der Waals surface area contributed by atoms with Crippen molar-refractivity contribution in [2.45, 2.75) is 76.7 Å². The fourth-order valence-electron chi connectivity index (χ4n) is 2.62. The van der Waals surface area contributed by atoms with Crippen molar-refractivity contribution >= 4 is 35.6 Å². The summed E-state index contributed by atoms with van der Waals surface area (Å²) in [5, 5.41) is 34.4. The molecule has 0 saturated carbocycles. The largest absolute Gasteiger partial charge is 0.481 e. The first-order valence-electron chi connectivity index (χ1n) is 10.2. The highest BCUT2D eigenvalue weighted by molar-refractivity contribution is 5.94. The van der Waals surface area contributed by atoms with Crippen molar-refractivity contribution in [3.63, 3.8) is 0 Å². The van der Waals surface area contributed by atoms with Gasteiger partial charge >= 0.3 is 11.9 Å². The van der Waals surface area contributed by atoms with Crippen LogP contribution in [-0.4, -0.2) is 81.2 Å². The molecule has 5 unspecified atom stereocenters. The number of nitrogens with two attached hydrogens (primary N) is 2. The Hall–Kier alpha value is -3.26. The maximum atomic E-state index is 12.8. The predicted octanol–water partition coefficient (Wildman–Crippen LogP) is -2.98. The molecule has 0 aromatic rings. The number of aliphatic hydroxyl groups excluding tert-OH is 1. The summed E-state index contributed by atoms with van der Waals surface area (Å²) in [6.45, 7) is 4.35. The van der Waals surface area contributed by atoms with Gasteiger partial charge in [0.2, 0.25) is 23.6 Å². The Morgan fingerprint density at radius 3 is 1.64 bits per heavy atom. The summed E-state index contributed by atoms with van der Waals surface area (Å²) in [6.07, 6.45) is -2.73. The van der Waals surface area contributed by atoms with Gasteiger partial charge in [-0.3, -0.25) is 24.0 Å². The van der Waals surface area contributed by atoms with Gasteiger partial charge in [-0.25, -0.2) is 4.79 Å². The normalized spacial score (nSPS) is 15.5. The van der Waals surface area contributed by atoms with Crippen LogP contribution in [0, 0.1) is 5.92 Å². The monoisotopic (exact) mass is 475 g/mol. The van der Waals surface area contributed by atoms with E-state index in [0.717, 1.165) is 0 Å². The van der Waals surface area contributed by atoms with Crippen LogP contribution in [-0.2, 0) is 28.8 Å². The lowest BCUT2D eigenvalue weighted by Crippen LogP contribution is -2.58. The van der Waals surface area contributed by atoms with E-state index >= 15 is 0 Å². The van der Waals surface area contributed by atoms with E-state index in [0.29, 0.717) is 0 Å². The lowest BCUT2D eigenvalue weighted by atomic mass is 10.0. The zero-order valence-electron chi connectivity index (χ0n) is 18.7. The third-order valence-electron chi connectivity index (χ3n) is 4.65. The van der Waals surface area contributed by atoms with Crippen molar-refractivity contribution in [2.24, 2.45) is 17.4 Å². The van der Waals surface area contributed by atoms with E-state index in [1.165, 1.54) is 6.92 Å². The van der Waals surface area contributed by atoms with Crippen molar-refractivity contribution in [1.29, 1.82) is 0 Å². The summed E-state index contributed by atoms with van der Waals surface area (Å²) in [5.41, 5.74) is 10.6. The fourth-order valence-corrected chi connectivity index (χ4v) is 2.62. The van der Waals surface area contributed by atoms with Gasteiger partial charge in [0.25, 0.3) is 0 Å². The number of rotatable bonds is 15. The summed E-state index contributed by atoms with van der Waals surface area (Å²) >= 11 is 0. The van der Waals surface area contributed by atoms with E-state index in [-0.39, 0.29) is 19.3 Å². The van der Waals surface area contributed by atoms with Crippen molar-refractivity contribution in [3.05, 3.63) is 0 Å². The average Bonchev–Trinajstić information content (AvgIpc) is 2.69. The number of aliphatic hydroxyl groups is 1. The standard InChI is InChI=1S/C19H33N5O9/c1-8(2)15(19(32)33)24-17(30)11(5-7-13(27)28)22-16(29)10(4-6-12(20)26)23-18(31)14(21)9(3)25/h8-11,14-15,25H,4-7,21H2,1-3H3,(H2,20,26)(H,22,29)(H,23,31)(H,24,30)(H,27,28)(H,32,33). The quantitative estimate of drug-likeness (QED) is 0.119. The number of carbonyl (C=O) groups is 6. The van der Waals surface area contributed by atoms with Gasteiger partial charge < -0.3 is 42.7 Å². The topological polar surface area (TPSA) is 251 Å². The zero-order chi connectivity index (χ0) is 25.9. The summed E-state index contributed by atoms with van der Waals surface area (Å²) in [4.78, 5) is 71.0. The van der Waals surface area contributed by atoms with E-state index in [4.69, 9.17) is 16.6 Å². The van der Waals surface area contributed by atoms with Gasteiger partial charge in [0, 0.05) is 12.8 Å². The van der Waals surface area contributed by atoms with E-state index in [1.54, 1.807) is 13.8 Å². The molecule has 10 N–H and O–H groups in total. The molecule has 33 heavy (non-hydrogen) atoms. The number of carboxylic acid groups (broad SMARTS) is 2. The second-order valence-electron chi connectivity index (χ2n) is 7.89. The first-order valence-corrected chi connectivity index (χ1v) is 10.2. The Morgan fingerprint density at radius 1 is 0.788 bits per heavy atom. The molecule has 188 valence electrons. The fraction of sp³-hybridized carbons (Fsp3) is 0.684. The number of aliphatic carboxylic acids is 2. The van der Waals surface area contributed by atoms with Crippen LogP contribution in [0.1, 0.15) is 46.5 Å². The maximum Gasteiger partial charge on any atom is 0.326 e. The molecule has 0 saturated heterocycles. The van der Waals surface area contributed by atoms with Crippen molar-refractivity contribution in [3.8, 4) is 0 Å². The van der Waals surface area contributed by atoms with Crippen LogP contribution in [0.4, 0.5) is 0 Å². The lowest BCUT2D eigenvalue weighted by molar-refractivity contribution is -0.144. The summed E-state index contributed by atoms with van der Waals surface area (Å²) in [5.74, 6) is -6.67. The van der Waals surface area contributed by atoms with Gasteiger partial charge in [0.05, 0.1) is 6.10 Å². The lowest BCUT2D eigenvalue weighted by Gasteiger charge is -2.26. The third-order valence-corrected chi connectivity index (χ3v) is 4.65. The molecule has 0 heterocycles. The third kappa shape index (κ3) is 11.2. The summed E-state index contributed by atoms with van der Waals surface area (Å²) < 4.78 is 0. The van der Waals surface area contributed by atoms with Crippen molar-refractivity contribution in [2.75, 3.05) is 0 Å². The van der Waals surface area contributed by atoms with Gasteiger partial charge in [-0.2, -0.15) is 0 Å². The molecule has 0 aromatic heterocycles. The van der Waals surface area contributed by atoms with Crippen molar-refractivity contribution < 1.29 is 44.1 Å². The predicted molar refractivity (Wildman–Crippen MR) is 113 cm³/mol. The van der Waals surface area contributed by atoms with Crippen LogP contribution >= 0.6 is 0 Å². The smallest absolute Gasteiger partial charge is 0.326 e. The molecule has 14 heteroatoms. The van der Waals surface area contributed by atoms with E-state index in [9.17, 15) is 39.0 Å². The van der Waals surface area contributed by atoms with Crippen LogP contribution in [0.25, 0.3) is 0 Å². The molecule has 0 radical (unpaired) electrons. The number of carboxylic acids is 2. The second-order valence-corrected chi connectivity index (χ2v) is 7.89. The molecule has 4 amide bonds. The first kappa shape index (κ1) is 29.7. The molecule has 0 aliphatic heterocycles. The molecule has 5 atom stereocenters. The van der Waals surface area contributed by atoms with E-state index < -0.39 is 78.2 Å². The SMILES string of the molecule is CC(C)C(NC(=O)C(CCC(=O)O)NC(=O)C(CCC(N)=O)NC(=O)C(N)C(C)O)C(=O)O. The molecule has 14 nitrogen and oxygen atoms in total. The number of hydrogen-bond acceptors (Lipinski definition) is 8.